The SMILES string of the molecule is Cc1cc(N)ccc1SCc1cccc([N+](=O)[O-])c1. The van der Waals surface area contributed by atoms with Crippen LogP contribution in [0.2, 0.25) is 0 Å². The third-order valence-electron chi connectivity index (χ3n) is 2.71. The van der Waals surface area contributed by atoms with Gasteiger partial charge in [0.25, 0.3) is 5.69 Å². The zero-order chi connectivity index (χ0) is 13.8. The van der Waals surface area contributed by atoms with Crippen molar-refractivity contribution in [1.82, 2.24) is 0 Å². The van der Waals surface area contributed by atoms with Gasteiger partial charge < -0.3 is 5.73 Å². The second kappa shape index (κ2) is 5.75. The van der Waals surface area contributed by atoms with Crippen LogP contribution in [0.3, 0.4) is 0 Å². The lowest BCUT2D eigenvalue weighted by Crippen LogP contribution is -1.90. The molecule has 98 valence electrons. The standard InChI is InChI=1S/C14H14N2O2S/c1-10-7-12(15)5-6-14(10)19-9-11-3-2-4-13(8-11)16(17)18/h2-8H,9,15H2,1H3. The Labute approximate surface area is 115 Å². The molecule has 0 bridgehead atoms. The normalized spacial score (nSPS) is 10.4. The van der Waals surface area contributed by atoms with E-state index in [4.69, 9.17) is 5.73 Å². The largest absolute Gasteiger partial charge is 0.399 e. The van der Waals surface area contributed by atoms with Crippen molar-refractivity contribution >= 4 is 23.1 Å². The molecule has 0 aromatic heterocycles. The van der Waals surface area contributed by atoms with E-state index in [1.165, 1.54) is 6.07 Å². The Morgan fingerprint density at radius 3 is 2.74 bits per heavy atom. The van der Waals surface area contributed by atoms with E-state index in [2.05, 4.69) is 0 Å². The Kier molecular flexibility index (Phi) is 4.06. The summed E-state index contributed by atoms with van der Waals surface area (Å²) in [4.78, 5) is 11.5. The van der Waals surface area contributed by atoms with Crippen molar-refractivity contribution in [2.24, 2.45) is 0 Å². The maximum Gasteiger partial charge on any atom is 0.269 e. The second-order valence-electron chi connectivity index (χ2n) is 4.24. The topological polar surface area (TPSA) is 69.2 Å². The molecule has 19 heavy (non-hydrogen) atoms. The molecule has 0 spiro atoms. The fraction of sp³-hybridized carbons (Fsp3) is 0.143. The van der Waals surface area contributed by atoms with Gasteiger partial charge in [-0.3, -0.25) is 10.1 Å². The molecule has 0 aliphatic rings. The first-order chi connectivity index (χ1) is 9.06. The number of nitrogens with zero attached hydrogens (tertiary/aromatic N) is 1. The molecule has 0 aliphatic carbocycles. The van der Waals surface area contributed by atoms with Gasteiger partial charge in [0, 0.05) is 28.5 Å². The molecule has 4 nitrogen and oxygen atoms in total. The number of nitro benzene ring substituents is 1. The zero-order valence-corrected chi connectivity index (χ0v) is 11.3. The molecule has 2 aromatic carbocycles. The molecule has 0 radical (unpaired) electrons. The number of nitro groups is 1. The summed E-state index contributed by atoms with van der Waals surface area (Å²) in [5.74, 6) is 0.701. The summed E-state index contributed by atoms with van der Waals surface area (Å²) in [6.45, 7) is 2.01. The van der Waals surface area contributed by atoms with Crippen LogP contribution < -0.4 is 5.73 Å². The number of benzene rings is 2. The van der Waals surface area contributed by atoms with E-state index in [0.717, 1.165) is 21.7 Å². The van der Waals surface area contributed by atoms with E-state index < -0.39 is 0 Å². The summed E-state index contributed by atoms with van der Waals surface area (Å²) < 4.78 is 0. The van der Waals surface area contributed by atoms with Gasteiger partial charge in [-0.15, -0.1) is 11.8 Å². The smallest absolute Gasteiger partial charge is 0.269 e. The van der Waals surface area contributed by atoms with E-state index in [1.54, 1.807) is 23.9 Å². The summed E-state index contributed by atoms with van der Waals surface area (Å²) in [5, 5.41) is 10.7. The molecule has 2 rings (SSSR count). The summed E-state index contributed by atoms with van der Waals surface area (Å²) in [6.07, 6.45) is 0. The highest BCUT2D eigenvalue weighted by molar-refractivity contribution is 7.98. The maximum absolute atomic E-state index is 10.7. The molecule has 0 heterocycles. The Balaban J connectivity index is 2.10. The predicted octanol–water partition coefficient (Wildman–Crippen LogP) is 3.78. The summed E-state index contributed by atoms with van der Waals surface area (Å²) in [6, 6.07) is 12.5. The third kappa shape index (κ3) is 3.48. The third-order valence-corrected chi connectivity index (χ3v) is 3.96. The van der Waals surface area contributed by atoms with Crippen LogP contribution in [0, 0.1) is 17.0 Å². The molecule has 5 heteroatoms. The lowest BCUT2D eigenvalue weighted by atomic mass is 10.2. The fourth-order valence-electron chi connectivity index (χ4n) is 1.76. The van der Waals surface area contributed by atoms with Gasteiger partial charge in [-0.25, -0.2) is 0 Å². The molecule has 0 saturated carbocycles. The molecule has 0 unspecified atom stereocenters. The number of hydrogen-bond acceptors (Lipinski definition) is 4. The Morgan fingerprint density at radius 2 is 2.05 bits per heavy atom. The van der Waals surface area contributed by atoms with Gasteiger partial charge in [0.1, 0.15) is 0 Å². The molecular formula is C14H14N2O2S. The monoisotopic (exact) mass is 274 g/mol. The molecule has 2 aromatic rings. The maximum atomic E-state index is 10.7. The van der Waals surface area contributed by atoms with E-state index >= 15 is 0 Å². The lowest BCUT2D eigenvalue weighted by molar-refractivity contribution is -0.384. The van der Waals surface area contributed by atoms with Gasteiger partial charge in [-0.05, 0) is 36.2 Å². The van der Waals surface area contributed by atoms with E-state index in [0.29, 0.717) is 5.75 Å². The molecule has 0 aliphatic heterocycles. The predicted molar refractivity (Wildman–Crippen MR) is 78.2 cm³/mol. The fourth-order valence-corrected chi connectivity index (χ4v) is 2.71. The molecule has 0 saturated heterocycles. The van der Waals surface area contributed by atoms with Crippen molar-refractivity contribution in [3.05, 3.63) is 63.7 Å². The van der Waals surface area contributed by atoms with Gasteiger partial charge in [0.2, 0.25) is 0 Å². The van der Waals surface area contributed by atoms with Gasteiger partial charge >= 0.3 is 0 Å². The van der Waals surface area contributed by atoms with Crippen molar-refractivity contribution in [3.8, 4) is 0 Å². The molecular weight excluding hydrogens is 260 g/mol. The molecule has 2 N–H and O–H groups in total. The number of aryl methyl sites for hydroxylation is 1. The Morgan fingerprint density at radius 1 is 1.26 bits per heavy atom. The van der Waals surface area contributed by atoms with Gasteiger partial charge in [0.15, 0.2) is 0 Å². The second-order valence-corrected chi connectivity index (χ2v) is 5.26. The van der Waals surface area contributed by atoms with Crippen molar-refractivity contribution in [3.63, 3.8) is 0 Å². The highest BCUT2D eigenvalue weighted by Crippen LogP contribution is 2.28. The van der Waals surface area contributed by atoms with Crippen molar-refractivity contribution in [2.45, 2.75) is 17.6 Å². The quantitative estimate of drug-likeness (QED) is 0.399. The van der Waals surface area contributed by atoms with Crippen LogP contribution in [0.15, 0.2) is 47.4 Å². The van der Waals surface area contributed by atoms with Gasteiger partial charge in [-0.1, -0.05) is 12.1 Å². The zero-order valence-electron chi connectivity index (χ0n) is 10.5. The Hall–Kier alpha value is -2.01. The van der Waals surface area contributed by atoms with Crippen LogP contribution in [0.25, 0.3) is 0 Å². The van der Waals surface area contributed by atoms with E-state index in [-0.39, 0.29) is 10.6 Å². The minimum Gasteiger partial charge on any atom is -0.399 e. The highest BCUT2D eigenvalue weighted by Gasteiger charge is 2.06. The number of nitrogens with two attached hydrogens (primary N) is 1. The van der Waals surface area contributed by atoms with Crippen LogP contribution in [-0.4, -0.2) is 4.92 Å². The van der Waals surface area contributed by atoms with E-state index in [1.807, 2.05) is 31.2 Å². The van der Waals surface area contributed by atoms with Crippen LogP contribution in [0.4, 0.5) is 11.4 Å². The molecule has 0 atom stereocenters. The van der Waals surface area contributed by atoms with Crippen LogP contribution in [0.5, 0.6) is 0 Å². The number of nitrogen functional groups attached to an aromatic ring is 1. The average molecular weight is 274 g/mol. The number of non-ortho nitro benzene ring substituents is 1. The van der Waals surface area contributed by atoms with Gasteiger partial charge in [0.05, 0.1) is 4.92 Å². The minimum atomic E-state index is -0.372. The molecule has 0 fully saturated rings. The first kappa shape index (κ1) is 13.4. The number of thioether (sulfide) groups is 1. The summed E-state index contributed by atoms with van der Waals surface area (Å²) in [7, 11) is 0. The summed E-state index contributed by atoms with van der Waals surface area (Å²) >= 11 is 1.65. The average Bonchev–Trinajstić information content (AvgIpc) is 2.38. The Bertz CT molecular complexity index is 614. The van der Waals surface area contributed by atoms with Crippen LogP contribution in [0.1, 0.15) is 11.1 Å². The van der Waals surface area contributed by atoms with Crippen LogP contribution >= 0.6 is 11.8 Å². The summed E-state index contributed by atoms with van der Waals surface area (Å²) in [5.41, 5.74) is 8.64. The first-order valence-corrected chi connectivity index (χ1v) is 6.77. The lowest BCUT2D eigenvalue weighted by Gasteiger charge is -2.06. The van der Waals surface area contributed by atoms with Crippen LogP contribution in [-0.2, 0) is 5.75 Å². The molecule has 0 amide bonds. The number of anilines is 1. The van der Waals surface area contributed by atoms with E-state index in [9.17, 15) is 10.1 Å². The number of hydrogen-bond donors (Lipinski definition) is 1. The highest BCUT2D eigenvalue weighted by atomic mass is 32.2. The van der Waals surface area contributed by atoms with Crippen molar-refractivity contribution < 1.29 is 4.92 Å². The van der Waals surface area contributed by atoms with Gasteiger partial charge in [-0.2, -0.15) is 0 Å². The van der Waals surface area contributed by atoms with Crippen molar-refractivity contribution in [1.29, 1.82) is 0 Å². The van der Waals surface area contributed by atoms with Crippen molar-refractivity contribution in [2.75, 3.05) is 5.73 Å². The minimum absolute atomic E-state index is 0.132. The first-order valence-electron chi connectivity index (χ1n) is 5.78. The number of rotatable bonds is 4.